The Morgan fingerprint density at radius 2 is 1.68 bits per heavy atom. The van der Waals surface area contributed by atoms with E-state index in [1.807, 2.05) is 18.2 Å². The molecule has 1 aromatic carbocycles. The number of aryl methyl sites for hydroxylation is 1. The largest absolute Gasteiger partial charge is 0.0956 e. The monoisotopic (exact) mass is 292 g/mol. The van der Waals surface area contributed by atoms with Gasteiger partial charge >= 0.3 is 0 Å². The van der Waals surface area contributed by atoms with E-state index in [-0.39, 0.29) is 0 Å². The van der Waals surface area contributed by atoms with Gasteiger partial charge in [-0.25, -0.2) is 0 Å². The van der Waals surface area contributed by atoms with Gasteiger partial charge in [-0.1, -0.05) is 81.5 Å². The van der Waals surface area contributed by atoms with Gasteiger partial charge in [0, 0.05) is 11.1 Å². The topological polar surface area (TPSA) is 0 Å². The van der Waals surface area contributed by atoms with Crippen molar-refractivity contribution in [2.75, 3.05) is 0 Å². The van der Waals surface area contributed by atoms with Crippen molar-refractivity contribution in [1.82, 2.24) is 0 Å². The Morgan fingerprint density at radius 3 is 2.27 bits per heavy atom. The maximum atomic E-state index is 4.16. The Morgan fingerprint density at radius 1 is 1.05 bits per heavy atom. The van der Waals surface area contributed by atoms with Crippen molar-refractivity contribution in [3.8, 4) is 11.8 Å². The van der Waals surface area contributed by atoms with Crippen molar-refractivity contribution in [1.29, 1.82) is 0 Å². The van der Waals surface area contributed by atoms with Crippen molar-refractivity contribution in [3.63, 3.8) is 0 Å². The first kappa shape index (κ1) is 18.1. The Labute approximate surface area is 136 Å². The zero-order valence-corrected chi connectivity index (χ0v) is 14.4. The molecule has 0 radical (unpaired) electrons. The Kier molecular flexibility index (Phi) is 7.47. The van der Waals surface area contributed by atoms with E-state index in [4.69, 9.17) is 0 Å². The van der Waals surface area contributed by atoms with E-state index >= 15 is 0 Å². The summed E-state index contributed by atoms with van der Waals surface area (Å²) in [6, 6.07) is 8.21. The average Bonchev–Trinajstić information content (AvgIpc) is 2.49. The molecule has 1 aromatic rings. The van der Waals surface area contributed by atoms with Gasteiger partial charge in [0.05, 0.1) is 0 Å². The van der Waals surface area contributed by atoms with Crippen LogP contribution in [0.5, 0.6) is 0 Å². The summed E-state index contributed by atoms with van der Waals surface area (Å²) in [6.45, 7) is 17.0. The first-order valence-corrected chi connectivity index (χ1v) is 8.03. The normalized spacial score (nSPS) is 12.0. The molecule has 0 aliphatic carbocycles. The quantitative estimate of drug-likeness (QED) is 0.440. The van der Waals surface area contributed by atoms with Crippen LogP contribution in [0.25, 0.3) is 0 Å². The number of benzene rings is 1. The van der Waals surface area contributed by atoms with Gasteiger partial charge in [-0.3, -0.25) is 0 Å². The molecule has 0 aliphatic heterocycles. The van der Waals surface area contributed by atoms with Gasteiger partial charge in [0.25, 0.3) is 0 Å². The molecule has 0 nitrogen and oxygen atoms in total. The van der Waals surface area contributed by atoms with Crippen LogP contribution in [0.1, 0.15) is 44.7 Å². The van der Waals surface area contributed by atoms with Gasteiger partial charge in [0.2, 0.25) is 0 Å². The van der Waals surface area contributed by atoms with Crippen molar-refractivity contribution in [2.45, 2.75) is 40.5 Å². The SMILES string of the molecule is C=C(C#Cc1ccc(C)cc1)/C=C\C(=C)C(C)CCC(C)C. The molecule has 0 spiro atoms. The third-order valence-electron chi connectivity index (χ3n) is 3.73. The molecule has 1 atom stereocenters. The minimum absolute atomic E-state index is 0.511. The summed E-state index contributed by atoms with van der Waals surface area (Å²) in [5.41, 5.74) is 4.23. The molecule has 0 saturated heterocycles. The molecule has 0 bridgehead atoms. The van der Waals surface area contributed by atoms with E-state index in [2.05, 4.69) is 70.9 Å². The van der Waals surface area contributed by atoms with Crippen LogP contribution >= 0.6 is 0 Å². The van der Waals surface area contributed by atoms with E-state index in [1.165, 1.54) is 18.4 Å². The fourth-order valence-electron chi connectivity index (χ4n) is 1.97. The van der Waals surface area contributed by atoms with Crippen molar-refractivity contribution < 1.29 is 0 Å². The fraction of sp³-hybridized carbons (Fsp3) is 0.364. The van der Waals surface area contributed by atoms with Crippen LogP contribution in [0.2, 0.25) is 0 Å². The molecule has 0 aliphatic rings. The lowest BCUT2D eigenvalue weighted by Gasteiger charge is -2.12. The summed E-state index contributed by atoms with van der Waals surface area (Å²) in [4.78, 5) is 0. The number of rotatable bonds is 6. The third kappa shape index (κ3) is 7.14. The van der Waals surface area contributed by atoms with E-state index in [0.29, 0.717) is 5.92 Å². The highest BCUT2D eigenvalue weighted by Crippen LogP contribution is 2.19. The molecular formula is C22H28. The molecule has 22 heavy (non-hydrogen) atoms. The lowest BCUT2D eigenvalue weighted by atomic mass is 9.93. The van der Waals surface area contributed by atoms with E-state index in [1.54, 1.807) is 0 Å². The first-order valence-electron chi connectivity index (χ1n) is 8.03. The average molecular weight is 292 g/mol. The van der Waals surface area contributed by atoms with E-state index in [9.17, 15) is 0 Å². The van der Waals surface area contributed by atoms with Gasteiger partial charge in [0.15, 0.2) is 0 Å². The lowest BCUT2D eigenvalue weighted by molar-refractivity contribution is 0.494. The van der Waals surface area contributed by atoms with Crippen LogP contribution in [-0.2, 0) is 0 Å². The molecule has 1 unspecified atom stereocenters. The number of allylic oxidation sites excluding steroid dienone is 4. The number of hydrogen-bond acceptors (Lipinski definition) is 0. The first-order chi connectivity index (χ1) is 10.4. The van der Waals surface area contributed by atoms with Crippen LogP contribution in [0, 0.1) is 30.6 Å². The molecule has 116 valence electrons. The zero-order chi connectivity index (χ0) is 16.5. The summed E-state index contributed by atoms with van der Waals surface area (Å²) in [5, 5.41) is 0. The molecule has 0 heteroatoms. The molecule has 0 saturated carbocycles. The molecular weight excluding hydrogens is 264 g/mol. The molecule has 0 amide bonds. The standard InChI is InChI=1S/C22H28/c1-17(2)7-12-20(5)21(6)13-8-18(3)9-14-22-15-10-19(4)11-16-22/h8,10-11,13,15-17,20H,3,6-7,12H2,1-2,4-5H3/b13-8-. The Hall–Kier alpha value is -2.00. The maximum absolute atomic E-state index is 4.16. The molecule has 0 heterocycles. The predicted molar refractivity (Wildman–Crippen MR) is 98.7 cm³/mol. The minimum Gasteiger partial charge on any atom is -0.0956 e. The van der Waals surface area contributed by atoms with Gasteiger partial charge in [-0.05, 0) is 43.4 Å². The summed E-state index contributed by atoms with van der Waals surface area (Å²) in [6.07, 6.45) is 6.44. The lowest BCUT2D eigenvalue weighted by Crippen LogP contribution is -1.99. The van der Waals surface area contributed by atoms with Crippen molar-refractivity contribution in [3.05, 3.63) is 71.8 Å². The molecule has 0 aromatic heterocycles. The second kappa shape index (κ2) is 9.11. The molecule has 0 fully saturated rings. The molecule has 0 N–H and O–H groups in total. The van der Waals surface area contributed by atoms with Gasteiger partial charge in [-0.15, -0.1) is 0 Å². The van der Waals surface area contributed by atoms with E-state index < -0.39 is 0 Å². The maximum Gasteiger partial charge on any atom is 0.0249 e. The minimum atomic E-state index is 0.511. The highest BCUT2D eigenvalue weighted by molar-refractivity contribution is 5.45. The van der Waals surface area contributed by atoms with Crippen molar-refractivity contribution in [2.24, 2.45) is 11.8 Å². The second-order valence-electron chi connectivity index (χ2n) is 6.42. The number of hydrogen-bond donors (Lipinski definition) is 0. The fourth-order valence-corrected chi connectivity index (χ4v) is 1.97. The van der Waals surface area contributed by atoms with Crippen LogP contribution in [0.15, 0.2) is 60.7 Å². The smallest absolute Gasteiger partial charge is 0.0249 e. The van der Waals surface area contributed by atoms with Crippen LogP contribution in [0.4, 0.5) is 0 Å². The highest BCUT2D eigenvalue weighted by atomic mass is 14.1. The van der Waals surface area contributed by atoms with Gasteiger partial charge in [0.1, 0.15) is 0 Å². The van der Waals surface area contributed by atoms with Crippen LogP contribution < -0.4 is 0 Å². The van der Waals surface area contributed by atoms with Gasteiger partial charge < -0.3 is 0 Å². The molecule has 1 rings (SSSR count). The highest BCUT2D eigenvalue weighted by Gasteiger charge is 2.05. The summed E-state index contributed by atoms with van der Waals surface area (Å²) in [7, 11) is 0. The van der Waals surface area contributed by atoms with Crippen LogP contribution in [0.3, 0.4) is 0 Å². The van der Waals surface area contributed by atoms with Gasteiger partial charge in [-0.2, -0.15) is 0 Å². The Balaban J connectivity index is 2.54. The van der Waals surface area contributed by atoms with Crippen molar-refractivity contribution >= 4 is 0 Å². The Bertz CT molecular complexity index is 585. The van der Waals surface area contributed by atoms with E-state index in [0.717, 1.165) is 22.6 Å². The summed E-state index contributed by atoms with van der Waals surface area (Å²) in [5.74, 6) is 7.48. The van der Waals surface area contributed by atoms with Crippen LogP contribution in [-0.4, -0.2) is 0 Å². The third-order valence-corrected chi connectivity index (χ3v) is 3.73. The zero-order valence-electron chi connectivity index (χ0n) is 14.4. The predicted octanol–water partition coefficient (Wildman–Crippen LogP) is 6.09. The summed E-state index contributed by atoms with van der Waals surface area (Å²) < 4.78 is 0. The second-order valence-corrected chi connectivity index (χ2v) is 6.42. The summed E-state index contributed by atoms with van der Waals surface area (Å²) >= 11 is 0.